The van der Waals surface area contributed by atoms with Gasteiger partial charge in [0.1, 0.15) is 23.1 Å². The molecular formula is C25H27N3O6. The molecule has 0 saturated carbocycles. The van der Waals surface area contributed by atoms with Crippen LogP contribution in [0, 0.1) is 6.92 Å². The van der Waals surface area contributed by atoms with E-state index in [4.69, 9.17) is 18.6 Å². The van der Waals surface area contributed by atoms with Crippen LogP contribution in [0.25, 0.3) is 11.0 Å². The van der Waals surface area contributed by atoms with Crippen molar-refractivity contribution in [3.05, 3.63) is 57.9 Å². The number of nitrogens with zero attached hydrogens (tertiary/aromatic N) is 1. The van der Waals surface area contributed by atoms with Crippen molar-refractivity contribution in [3.8, 4) is 17.2 Å². The monoisotopic (exact) mass is 465 g/mol. The van der Waals surface area contributed by atoms with Crippen molar-refractivity contribution in [1.29, 1.82) is 0 Å². The summed E-state index contributed by atoms with van der Waals surface area (Å²) in [5.41, 5.74) is 1.52. The molecule has 2 aliphatic heterocycles. The quantitative estimate of drug-likeness (QED) is 0.555. The third kappa shape index (κ3) is 4.65. The zero-order valence-corrected chi connectivity index (χ0v) is 19.2. The van der Waals surface area contributed by atoms with Crippen molar-refractivity contribution in [1.82, 2.24) is 10.2 Å². The lowest BCUT2D eigenvalue weighted by molar-refractivity contribution is 0.113. The molecule has 0 bridgehead atoms. The molecule has 9 heteroatoms. The van der Waals surface area contributed by atoms with Crippen LogP contribution in [-0.2, 0) is 6.54 Å². The second kappa shape index (κ2) is 9.26. The minimum Gasteiger partial charge on any atom is -0.490 e. The summed E-state index contributed by atoms with van der Waals surface area (Å²) in [6.07, 6.45) is 2.07. The molecule has 9 nitrogen and oxygen atoms in total. The Bertz CT molecular complexity index is 1280. The summed E-state index contributed by atoms with van der Waals surface area (Å²) in [5, 5.41) is 6.02. The van der Waals surface area contributed by atoms with Crippen LogP contribution in [0.1, 0.15) is 24.0 Å². The van der Waals surface area contributed by atoms with E-state index in [1.165, 1.54) is 0 Å². The first-order chi connectivity index (χ1) is 16.5. The summed E-state index contributed by atoms with van der Waals surface area (Å²) in [6.45, 7) is 4.32. The minimum absolute atomic E-state index is 0.0686. The van der Waals surface area contributed by atoms with Gasteiger partial charge in [-0.3, -0.25) is 0 Å². The third-order valence-corrected chi connectivity index (χ3v) is 6.20. The highest BCUT2D eigenvalue weighted by Crippen LogP contribution is 2.32. The number of amides is 2. The van der Waals surface area contributed by atoms with Crippen LogP contribution in [0.3, 0.4) is 0 Å². The van der Waals surface area contributed by atoms with Gasteiger partial charge in [-0.25, -0.2) is 9.59 Å². The van der Waals surface area contributed by atoms with Crippen LogP contribution in [0.4, 0.5) is 10.5 Å². The number of rotatable bonds is 5. The van der Waals surface area contributed by atoms with E-state index >= 15 is 0 Å². The van der Waals surface area contributed by atoms with E-state index in [1.807, 2.05) is 25.1 Å². The van der Waals surface area contributed by atoms with E-state index in [-0.39, 0.29) is 25.1 Å². The van der Waals surface area contributed by atoms with Gasteiger partial charge in [-0.15, -0.1) is 0 Å². The van der Waals surface area contributed by atoms with E-state index in [9.17, 15) is 9.59 Å². The van der Waals surface area contributed by atoms with Crippen molar-refractivity contribution in [2.45, 2.75) is 32.4 Å². The van der Waals surface area contributed by atoms with Crippen LogP contribution >= 0.6 is 0 Å². The predicted octanol–water partition coefficient (Wildman–Crippen LogP) is 3.62. The molecule has 0 atom stereocenters. The number of nitrogens with one attached hydrogen (secondary N) is 2. The lowest BCUT2D eigenvalue weighted by Gasteiger charge is -2.29. The highest BCUT2D eigenvalue weighted by Gasteiger charge is 2.20. The first-order valence-corrected chi connectivity index (χ1v) is 11.3. The number of urea groups is 1. The molecular weight excluding hydrogens is 438 g/mol. The number of hydrogen-bond donors (Lipinski definition) is 2. The van der Waals surface area contributed by atoms with Crippen molar-refractivity contribution >= 4 is 22.7 Å². The largest absolute Gasteiger partial charge is 0.490 e. The number of likely N-dealkylation sites (tertiary alicyclic amines) is 1. The molecule has 178 valence electrons. The zero-order chi connectivity index (χ0) is 23.7. The van der Waals surface area contributed by atoms with Gasteiger partial charge in [0.2, 0.25) is 6.79 Å². The Morgan fingerprint density at radius 3 is 2.74 bits per heavy atom. The summed E-state index contributed by atoms with van der Waals surface area (Å²) in [5.74, 6) is 2.04. The molecule has 2 aromatic carbocycles. The fraction of sp³-hybridized carbons (Fsp3) is 0.360. The number of benzene rings is 2. The Kier molecular flexibility index (Phi) is 6.02. The topological polar surface area (TPSA) is 102 Å². The van der Waals surface area contributed by atoms with E-state index in [1.54, 1.807) is 18.2 Å². The molecule has 0 radical (unpaired) electrons. The van der Waals surface area contributed by atoms with Gasteiger partial charge < -0.3 is 34.2 Å². The Morgan fingerprint density at radius 1 is 1.12 bits per heavy atom. The zero-order valence-electron chi connectivity index (χ0n) is 19.2. The Labute approximate surface area is 196 Å². The van der Waals surface area contributed by atoms with E-state index < -0.39 is 11.7 Å². The van der Waals surface area contributed by atoms with Crippen LogP contribution < -0.4 is 30.5 Å². The standard InChI is InChI=1S/C25H27N3O6/c1-15-20(33-18-7-9-28(2)10-8-18)6-4-17-12-19(24(29)34-23(15)17)27-25(30)26-13-16-3-5-21-22(11-16)32-14-31-21/h3-6,11-12,18H,7-10,13-14H2,1-2H3,(H2,26,27,30). The van der Waals surface area contributed by atoms with E-state index in [0.29, 0.717) is 28.2 Å². The molecule has 1 aromatic heterocycles. The second-order valence-electron chi connectivity index (χ2n) is 8.67. The Morgan fingerprint density at radius 2 is 1.91 bits per heavy atom. The molecule has 2 amide bonds. The van der Waals surface area contributed by atoms with Crippen molar-refractivity contribution in [2.75, 3.05) is 32.2 Å². The van der Waals surface area contributed by atoms with Crippen LogP contribution in [0.5, 0.6) is 17.2 Å². The number of carbonyl (C=O) groups excluding carboxylic acids is 1. The number of ether oxygens (including phenoxy) is 3. The lowest BCUT2D eigenvalue weighted by Crippen LogP contribution is -2.35. The highest BCUT2D eigenvalue weighted by atomic mass is 16.7. The van der Waals surface area contributed by atoms with Gasteiger partial charge >= 0.3 is 11.7 Å². The van der Waals surface area contributed by atoms with Gasteiger partial charge in [0.15, 0.2) is 11.5 Å². The van der Waals surface area contributed by atoms with E-state index in [2.05, 4.69) is 22.6 Å². The molecule has 3 aromatic rings. The van der Waals surface area contributed by atoms with Crippen molar-refractivity contribution in [3.63, 3.8) is 0 Å². The number of hydrogen-bond acceptors (Lipinski definition) is 7. The normalized spacial score (nSPS) is 15.9. The summed E-state index contributed by atoms with van der Waals surface area (Å²) in [6, 6.07) is 10.3. The van der Waals surface area contributed by atoms with Crippen molar-refractivity contribution < 1.29 is 23.4 Å². The van der Waals surface area contributed by atoms with Gasteiger partial charge in [0, 0.05) is 30.6 Å². The first kappa shape index (κ1) is 22.1. The molecule has 0 spiro atoms. The Hall–Kier alpha value is -3.72. The SMILES string of the molecule is Cc1c(OC2CCN(C)CC2)ccc2cc(NC(=O)NCc3ccc4c(c3)OCO4)c(=O)oc12. The molecule has 2 N–H and O–H groups in total. The van der Waals surface area contributed by atoms with E-state index in [0.717, 1.165) is 37.1 Å². The fourth-order valence-electron chi connectivity index (χ4n) is 4.20. The summed E-state index contributed by atoms with van der Waals surface area (Å²) in [4.78, 5) is 27.2. The molecule has 0 unspecified atom stereocenters. The van der Waals surface area contributed by atoms with Gasteiger partial charge in [0.25, 0.3) is 0 Å². The molecule has 1 fully saturated rings. The third-order valence-electron chi connectivity index (χ3n) is 6.20. The van der Waals surface area contributed by atoms with Crippen LogP contribution in [-0.4, -0.2) is 44.0 Å². The second-order valence-corrected chi connectivity index (χ2v) is 8.67. The Balaban J connectivity index is 1.26. The molecule has 5 rings (SSSR count). The maximum Gasteiger partial charge on any atom is 0.360 e. The van der Waals surface area contributed by atoms with Gasteiger partial charge in [0.05, 0.1) is 0 Å². The number of aryl methyl sites for hydroxylation is 1. The van der Waals surface area contributed by atoms with Gasteiger partial charge in [-0.05, 0) is 62.7 Å². The van der Waals surface area contributed by atoms with Crippen molar-refractivity contribution in [2.24, 2.45) is 0 Å². The highest BCUT2D eigenvalue weighted by molar-refractivity contribution is 5.92. The smallest absolute Gasteiger partial charge is 0.360 e. The van der Waals surface area contributed by atoms with Crippen LogP contribution in [0.2, 0.25) is 0 Å². The number of piperidine rings is 1. The fourth-order valence-corrected chi connectivity index (χ4v) is 4.20. The number of carbonyl (C=O) groups is 1. The van der Waals surface area contributed by atoms with Gasteiger partial charge in [-0.1, -0.05) is 6.07 Å². The summed E-state index contributed by atoms with van der Waals surface area (Å²) < 4.78 is 22.4. The minimum atomic E-state index is -0.620. The molecule has 1 saturated heterocycles. The molecule has 3 heterocycles. The maximum absolute atomic E-state index is 12.6. The molecule has 2 aliphatic rings. The predicted molar refractivity (Wildman–Crippen MR) is 127 cm³/mol. The summed E-state index contributed by atoms with van der Waals surface area (Å²) in [7, 11) is 2.11. The molecule has 34 heavy (non-hydrogen) atoms. The number of anilines is 1. The van der Waals surface area contributed by atoms with Gasteiger partial charge in [-0.2, -0.15) is 0 Å². The maximum atomic E-state index is 12.6. The summed E-state index contributed by atoms with van der Waals surface area (Å²) >= 11 is 0. The lowest BCUT2D eigenvalue weighted by atomic mass is 10.1. The number of fused-ring (bicyclic) bond motifs is 2. The average molecular weight is 466 g/mol. The van der Waals surface area contributed by atoms with Crippen LogP contribution in [0.15, 0.2) is 45.6 Å². The first-order valence-electron chi connectivity index (χ1n) is 11.3. The average Bonchev–Trinajstić information content (AvgIpc) is 3.30. The molecule has 0 aliphatic carbocycles.